The van der Waals surface area contributed by atoms with E-state index in [0.29, 0.717) is 6.61 Å². The molecule has 0 aliphatic carbocycles. The Hall–Kier alpha value is -1.80. The van der Waals surface area contributed by atoms with Crippen molar-refractivity contribution in [3.05, 3.63) is 71.8 Å². The zero-order valence-corrected chi connectivity index (χ0v) is 18.1. The van der Waals surface area contributed by atoms with Crippen molar-refractivity contribution in [3.63, 3.8) is 0 Å². The molecule has 1 aliphatic rings. The van der Waals surface area contributed by atoms with E-state index in [0.717, 1.165) is 30.4 Å². The zero-order valence-electron chi connectivity index (χ0n) is 18.1. The minimum absolute atomic E-state index is 0.0187. The van der Waals surface area contributed by atoms with Crippen molar-refractivity contribution in [1.29, 1.82) is 0 Å². The Balaban J connectivity index is 2.00. The number of ether oxygens (including phenoxy) is 2. The first-order valence-corrected chi connectivity index (χ1v) is 11.0. The van der Waals surface area contributed by atoms with Crippen molar-refractivity contribution < 1.29 is 29.9 Å². The van der Waals surface area contributed by atoms with Gasteiger partial charge in [-0.25, -0.2) is 0 Å². The highest BCUT2D eigenvalue weighted by atomic mass is 16.7. The molecule has 1 fully saturated rings. The van der Waals surface area contributed by atoms with Crippen LogP contribution in [0.5, 0.6) is 0 Å². The molecule has 2 aromatic rings. The van der Waals surface area contributed by atoms with E-state index in [1.54, 1.807) is 0 Å². The van der Waals surface area contributed by atoms with Gasteiger partial charge < -0.3 is 29.9 Å². The maximum Gasteiger partial charge on any atom is 0.190 e. The summed E-state index contributed by atoms with van der Waals surface area (Å²) in [7, 11) is 0. The van der Waals surface area contributed by atoms with Gasteiger partial charge in [0.15, 0.2) is 11.9 Å². The van der Waals surface area contributed by atoms with Crippen LogP contribution in [0.25, 0.3) is 0 Å². The second-order valence-corrected chi connectivity index (χ2v) is 8.39. The fraction of sp³-hybridized carbons (Fsp3) is 0.520. The van der Waals surface area contributed by atoms with E-state index < -0.39 is 36.3 Å². The number of hydrogen-bond donors (Lipinski definition) is 4. The van der Waals surface area contributed by atoms with E-state index in [1.165, 1.54) is 0 Å². The molecular formula is C25H34O6. The molecule has 0 radical (unpaired) electrons. The predicted octanol–water partition coefficient (Wildman–Crippen LogP) is 2.22. The van der Waals surface area contributed by atoms with Crippen molar-refractivity contribution in [2.45, 2.75) is 68.7 Å². The Morgan fingerprint density at radius 2 is 1.42 bits per heavy atom. The molecule has 1 saturated heterocycles. The maximum atomic E-state index is 12.0. The van der Waals surface area contributed by atoms with Crippen molar-refractivity contribution >= 4 is 0 Å². The molecule has 1 heterocycles. The molecule has 1 aliphatic heterocycles. The van der Waals surface area contributed by atoms with Gasteiger partial charge in [0, 0.05) is 19.4 Å². The molecule has 6 heteroatoms. The summed E-state index contributed by atoms with van der Waals surface area (Å²) in [6, 6.07) is 18.5. The largest absolute Gasteiger partial charge is 0.394 e. The number of benzene rings is 2. The fourth-order valence-electron chi connectivity index (χ4n) is 4.28. The van der Waals surface area contributed by atoms with Crippen molar-refractivity contribution in [2.24, 2.45) is 0 Å². The van der Waals surface area contributed by atoms with Crippen LogP contribution in [0, 0.1) is 0 Å². The van der Waals surface area contributed by atoms with Gasteiger partial charge in [-0.1, -0.05) is 80.4 Å². The minimum Gasteiger partial charge on any atom is -0.394 e. The summed E-state index contributed by atoms with van der Waals surface area (Å²) in [6.45, 7) is 1.92. The number of unbranched alkanes of at least 4 members (excludes halogenated alkanes) is 2. The van der Waals surface area contributed by atoms with Crippen LogP contribution in [-0.2, 0) is 22.3 Å². The average molecular weight is 431 g/mol. The van der Waals surface area contributed by atoms with Gasteiger partial charge in [0.25, 0.3) is 0 Å². The molecule has 31 heavy (non-hydrogen) atoms. The molecule has 0 bridgehead atoms. The lowest BCUT2D eigenvalue weighted by Crippen LogP contribution is -2.76. The molecule has 0 saturated carbocycles. The van der Waals surface area contributed by atoms with Crippen molar-refractivity contribution in [1.82, 2.24) is 0 Å². The summed E-state index contributed by atoms with van der Waals surface area (Å²) in [5.41, 5.74) is -2.43. The predicted molar refractivity (Wildman–Crippen MR) is 117 cm³/mol. The van der Waals surface area contributed by atoms with Crippen molar-refractivity contribution in [2.75, 3.05) is 13.2 Å². The highest BCUT2D eigenvalue weighted by molar-refractivity contribution is 5.26. The maximum absolute atomic E-state index is 12.0. The van der Waals surface area contributed by atoms with E-state index in [4.69, 9.17) is 9.47 Å². The van der Waals surface area contributed by atoms with Crippen molar-refractivity contribution in [3.8, 4) is 0 Å². The second kappa shape index (κ2) is 10.7. The standard InChI is InChI=1S/C25H34O6/c1-2-3-10-15-30-23-25(29,17-20-13-8-5-9-14-20)24(28,22(27)21(18-26)31-23)16-19-11-6-4-7-12-19/h4-9,11-14,21-23,26-29H,2-3,10,15-18H2,1H3/t21-,22-,23+,24+,25+/m1/s1. The van der Waals surface area contributed by atoms with Crippen LogP contribution in [0.4, 0.5) is 0 Å². The minimum atomic E-state index is -2.01. The van der Waals surface area contributed by atoms with E-state index in [1.807, 2.05) is 60.7 Å². The monoisotopic (exact) mass is 430 g/mol. The van der Waals surface area contributed by atoms with Crippen LogP contribution in [0.1, 0.15) is 37.3 Å². The summed E-state index contributed by atoms with van der Waals surface area (Å²) in [5, 5.41) is 44.7. The Morgan fingerprint density at radius 1 is 0.871 bits per heavy atom. The first-order chi connectivity index (χ1) is 14.9. The van der Waals surface area contributed by atoms with Gasteiger partial charge in [-0.2, -0.15) is 0 Å². The van der Waals surface area contributed by atoms with Gasteiger partial charge in [-0.3, -0.25) is 0 Å². The molecule has 0 aromatic heterocycles. The summed E-state index contributed by atoms with van der Waals surface area (Å²) in [4.78, 5) is 0. The SMILES string of the molecule is CCCCCO[C@H]1O[C@H](CO)[C@@H](O)[C@@](O)(Cc2ccccc2)[C@]1(O)Cc1ccccc1. The quantitative estimate of drug-likeness (QED) is 0.432. The molecule has 170 valence electrons. The van der Waals surface area contributed by atoms with E-state index >= 15 is 0 Å². The summed E-state index contributed by atoms with van der Waals surface area (Å²) >= 11 is 0. The van der Waals surface area contributed by atoms with Gasteiger partial charge in [0.05, 0.1) is 6.61 Å². The fourth-order valence-corrected chi connectivity index (χ4v) is 4.28. The van der Waals surface area contributed by atoms with Crippen LogP contribution >= 0.6 is 0 Å². The smallest absolute Gasteiger partial charge is 0.190 e. The van der Waals surface area contributed by atoms with Gasteiger partial charge >= 0.3 is 0 Å². The zero-order chi connectivity index (χ0) is 22.3. The third-order valence-corrected chi connectivity index (χ3v) is 6.11. The van der Waals surface area contributed by atoms with Gasteiger partial charge in [0.2, 0.25) is 0 Å². The van der Waals surface area contributed by atoms with Crippen LogP contribution in [0.15, 0.2) is 60.7 Å². The normalized spacial score (nSPS) is 30.9. The first kappa shape index (κ1) is 23.9. The number of hydrogen-bond acceptors (Lipinski definition) is 6. The lowest BCUT2D eigenvalue weighted by molar-refractivity contribution is -0.373. The third-order valence-electron chi connectivity index (χ3n) is 6.11. The number of aliphatic hydroxyl groups is 4. The molecular weight excluding hydrogens is 396 g/mol. The topological polar surface area (TPSA) is 99.4 Å². The number of rotatable bonds is 10. The first-order valence-electron chi connectivity index (χ1n) is 11.0. The van der Waals surface area contributed by atoms with E-state index in [9.17, 15) is 20.4 Å². The van der Waals surface area contributed by atoms with Crippen LogP contribution in [0.3, 0.4) is 0 Å². The summed E-state index contributed by atoms with van der Waals surface area (Å²) in [5.74, 6) is 0. The molecule has 0 spiro atoms. The lowest BCUT2D eigenvalue weighted by atomic mass is 9.68. The second-order valence-electron chi connectivity index (χ2n) is 8.39. The highest BCUT2D eigenvalue weighted by Gasteiger charge is 2.64. The van der Waals surface area contributed by atoms with Gasteiger partial charge in [-0.05, 0) is 17.5 Å². The molecule has 4 N–H and O–H groups in total. The molecule has 6 nitrogen and oxygen atoms in total. The summed E-state index contributed by atoms with van der Waals surface area (Å²) in [6.07, 6.45) is -1.05. The third kappa shape index (κ3) is 5.17. The average Bonchev–Trinajstić information content (AvgIpc) is 2.78. The van der Waals surface area contributed by atoms with Crippen LogP contribution < -0.4 is 0 Å². The molecule has 0 unspecified atom stereocenters. The Kier molecular flexibility index (Phi) is 8.22. The van der Waals surface area contributed by atoms with Crippen LogP contribution in [-0.4, -0.2) is 63.3 Å². The molecule has 2 aromatic carbocycles. The Bertz CT molecular complexity index is 785. The highest BCUT2D eigenvalue weighted by Crippen LogP contribution is 2.43. The van der Waals surface area contributed by atoms with E-state index in [2.05, 4.69) is 6.92 Å². The molecule has 3 rings (SSSR count). The number of aliphatic hydroxyl groups excluding tert-OH is 2. The van der Waals surface area contributed by atoms with Gasteiger partial charge in [-0.15, -0.1) is 0 Å². The van der Waals surface area contributed by atoms with Crippen LogP contribution in [0.2, 0.25) is 0 Å². The Morgan fingerprint density at radius 3 is 1.94 bits per heavy atom. The lowest BCUT2D eigenvalue weighted by Gasteiger charge is -2.55. The Labute approximate surface area is 184 Å². The summed E-state index contributed by atoms with van der Waals surface area (Å²) < 4.78 is 11.7. The van der Waals surface area contributed by atoms with E-state index in [-0.39, 0.29) is 12.8 Å². The molecule has 5 atom stereocenters. The van der Waals surface area contributed by atoms with Gasteiger partial charge in [0.1, 0.15) is 17.8 Å². The molecule has 0 amide bonds.